The second kappa shape index (κ2) is 41.3. The monoisotopic (exact) mass is 1370 g/mol. The number of esters is 1. The molecule has 5 saturated heterocycles. The minimum atomic E-state index is -1.11. The van der Waals surface area contributed by atoms with Gasteiger partial charge in [-0.1, -0.05) is 98.8 Å². The highest BCUT2D eigenvalue weighted by Gasteiger charge is 2.42. The van der Waals surface area contributed by atoms with E-state index < -0.39 is 169 Å². The zero-order valence-electron chi connectivity index (χ0n) is 57.9. The SMILES string of the molecule is CCCC[C@H](NC(=O)[C@@H]1CCCN1C(=O)CN)C(=O)NCC(=O)N1CCC[C@H]1C(=O)N[C@@H](CCCC)C(=O)NCC(=O)N1CCC[C@H]1C(=O)N[C@@H](CCCC)C(=O)NCC(=O)N1CCC[C@H]1C(=O)N[C@@H](CCCC)C(=O)NCC(=O)N1CCC[C@H]1C(=O)N[C@@H](CCCC)C(=O)OC. The highest BCUT2D eigenvalue weighted by Crippen LogP contribution is 2.24. The van der Waals surface area contributed by atoms with Gasteiger partial charge >= 0.3 is 5.97 Å². The van der Waals surface area contributed by atoms with E-state index in [4.69, 9.17) is 10.5 Å². The number of hydrogen-bond donors (Lipinski definition) is 10. The molecule has 0 unspecified atom stereocenters. The Balaban J connectivity index is 1.10. The Morgan fingerprint density at radius 1 is 0.340 bits per heavy atom. The van der Waals surface area contributed by atoms with Crippen LogP contribution < -0.4 is 53.6 Å². The van der Waals surface area contributed by atoms with Crippen LogP contribution in [0.1, 0.15) is 195 Å². The van der Waals surface area contributed by atoms with Crippen molar-refractivity contribution in [2.75, 3.05) is 72.6 Å². The quantitative estimate of drug-likeness (QED) is 0.0327. The van der Waals surface area contributed by atoms with Crippen molar-refractivity contribution >= 4 is 88.7 Å². The number of unbranched alkanes of at least 4 members (excludes halogenated alkanes) is 5. The van der Waals surface area contributed by atoms with Gasteiger partial charge in [-0.2, -0.15) is 0 Å². The molecule has 0 spiro atoms. The predicted molar refractivity (Wildman–Crippen MR) is 354 cm³/mol. The smallest absolute Gasteiger partial charge is 0.328 e. The Morgan fingerprint density at radius 2 is 0.546 bits per heavy atom. The van der Waals surface area contributed by atoms with Crippen LogP contribution in [-0.4, -0.2) is 246 Å². The summed E-state index contributed by atoms with van der Waals surface area (Å²) in [6.07, 6.45) is 11.8. The lowest BCUT2D eigenvalue weighted by molar-refractivity contribution is -0.146. The largest absolute Gasteiger partial charge is 0.467 e. The molecule has 31 heteroatoms. The fraction of sp³-hybridized carbons (Fsp3) is 0.773. The molecular formula is C66H109N15O16. The van der Waals surface area contributed by atoms with E-state index in [1.54, 1.807) is 0 Å². The number of amides is 14. The molecule has 5 aliphatic heterocycles. The Morgan fingerprint density at radius 3 is 0.753 bits per heavy atom. The highest BCUT2D eigenvalue weighted by atomic mass is 16.5. The van der Waals surface area contributed by atoms with Crippen molar-refractivity contribution in [2.45, 2.75) is 256 Å². The van der Waals surface area contributed by atoms with Crippen LogP contribution >= 0.6 is 0 Å². The third-order valence-electron chi connectivity index (χ3n) is 18.8. The maximum Gasteiger partial charge on any atom is 0.328 e. The zero-order valence-corrected chi connectivity index (χ0v) is 57.9. The van der Waals surface area contributed by atoms with Crippen molar-refractivity contribution in [3.05, 3.63) is 0 Å². The first kappa shape index (κ1) is 79.7. The van der Waals surface area contributed by atoms with Gasteiger partial charge in [0, 0.05) is 32.7 Å². The molecule has 0 radical (unpaired) electrons. The molecule has 5 aliphatic rings. The van der Waals surface area contributed by atoms with E-state index in [1.165, 1.54) is 31.6 Å². The summed E-state index contributed by atoms with van der Waals surface area (Å²) in [6, 6.07) is -9.68. The van der Waals surface area contributed by atoms with Crippen LogP contribution in [0.2, 0.25) is 0 Å². The van der Waals surface area contributed by atoms with Gasteiger partial charge in [0.05, 0.1) is 39.8 Å². The summed E-state index contributed by atoms with van der Waals surface area (Å²) in [5.74, 6) is -8.49. The Kier molecular flexibility index (Phi) is 33.9. The first-order chi connectivity index (χ1) is 46.6. The number of nitrogens with two attached hydrogens (primary N) is 1. The van der Waals surface area contributed by atoms with E-state index in [2.05, 4.69) is 47.9 Å². The van der Waals surface area contributed by atoms with E-state index in [0.29, 0.717) is 109 Å². The lowest BCUT2D eigenvalue weighted by Crippen LogP contribution is -2.57. The minimum absolute atomic E-state index is 0.177. The van der Waals surface area contributed by atoms with Crippen molar-refractivity contribution in [2.24, 2.45) is 5.73 Å². The highest BCUT2D eigenvalue weighted by molar-refractivity contribution is 5.99. The average molecular weight is 1370 g/mol. The molecular weight excluding hydrogens is 1260 g/mol. The fourth-order valence-electron chi connectivity index (χ4n) is 13.2. The summed E-state index contributed by atoms with van der Waals surface area (Å²) in [5.41, 5.74) is 5.56. The number of likely N-dealkylation sites (tertiary alicyclic amines) is 5. The van der Waals surface area contributed by atoms with Gasteiger partial charge in [-0.3, -0.25) is 67.1 Å². The van der Waals surface area contributed by atoms with Gasteiger partial charge in [0.25, 0.3) is 0 Å². The summed E-state index contributed by atoms with van der Waals surface area (Å²) in [6.45, 7) is 8.61. The molecule has 0 aromatic rings. The van der Waals surface area contributed by atoms with Crippen LogP contribution in [0.5, 0.6) is 0 Å². The van der Waals surface area contributed by atoms with Crippen molar-refractivity contribution in [1.29, 1.82) is 0 Å². The molecule has 0 saturated carbocycles. The topological polar surface area (TPSA) is 416 Å². The summed E-state index contributed by atoms with van der Waals surface area (Å²) in [4.78, 5) is 210. The molecule has 0 bridgehead atoms. The van der Waals surface area contributed by atoms with Crippen LogP contribution in [0.15, 0.2) is 0 Å². The number of ether oxygens (including phenoxy) is 1. The number of carbonyl (C=O) groups is 15. The first-order valence-corrected chi connectivity index (χ1v) is 35.5. The first-order valence-electron chi connectivity index (χ1n) is 35.5. The number of carbonyl (C=O) groups excluding carboxylic acids is 15. The van der Waals surface area contributed by atoms with Gasteiger partial charge in [0.1, 0.15) is 60.4 Å². The van der Waals surface area contributed by atoms with Crippen molar-refractivity contribution in [1.82, 2.24) is 72.4 Å². The Hall–Kier alpha value is -7.99. The number of hydrogen-bond acceptors (Lipinski definition) is 17. The third kappa shape index (κ3) is 23.6. The van der Waals surface area contributed by atoms with E-state index >= 15 is 0 Å². The molecule has 31 nitrogen and oxygen atoms in total. The third-order valence-corrected chi connectivity index (χ3v) is 18.8. The molecule has 0 aromatic carbocycles. The van der Waals surface area contributed by atoms with E-state index in [1.807, 2.05) is 34.6 Å². The molecule has 544 valence electrons. The molecule has 5 fully saturated rings. The molecule has 10 atom stereocenters. The van der Waals surface area contributed by atoms with Crippen LogP contribution in [-0.2, 0) is 76.7 Å². The predicted octanol–water partition coefficient (Wildman–Crippen LogP) is -1.09. The average Bonchev–Trinajstić information content (AvgIpc) is 1.79. The van der Waals surface area contributed by atoms with Crippen LogP contribution in [0.25, 0.3) is 0 Å². The van der Waals surface area contributed by atoms with Gasteiger partial charge < -0.3 is 82.8 Å². The molecule has 5 rings (SSSR count). The molecule has 11 N–H and O–H groups in total. The maximum atomic E-state index is 14.0. The van der Waals surface area contributed by atoms with Crippen molar-refractivity contribution in [3.8, 4) is 0 Å². The maximum absolute atomic E-state index is 14.0. The van der Waals surface area contributed by atoms with Crippen molar-refractivity contribution < 1.29 is 76.7 Å². The van der Waals surface area contributed by atoms with Gasteiger partial charge in [0.2, 0.25) is 82.7 Å². The van der Waals surface area contributed by atoms with Crippen LogP contribution in [0, 0.1) is 0 Å². The standard InChI is InChI=1S/C66H109N15O16/c1-7-12-22-42(72-61(91)47-27-17-32-77(47)52(82)37-67)57(87)68-38-53(83)78-33-18-28-48(78)62(92)73-43(23-13-8-2)58(88)69-39-54(84)79-34-19-29-49(79)63(93)74-44(24-14-9-3)59(89)70-40-55(85)80-35-20-30-50(80)64(94)75-45(25-15-10-4)60(90)71-41-56(86)81-36-21-31-51(81)65(95)76-46(26-16-11-5)66(96)97-6/h42-51H,7-41,67H2,1-6H3,(H,68,87)(H,69,88)(H,70,89)(H,71,90)(H,72,91)(H,73,92)(H,74,93)(H,75,94)(H,76,95)/t42-,43-,44-,45-,46-,47-,48-,49-,50-,51-/m0/s1. The number of nitrogens with zero attached hydrogens (tertiary/aromatic N) is 5. The zero-order chi connectivity index (χ0) is 71.1. The van der Waals surface area contributed by atoms with E-state index in [9.17, 15) is 71.9 Å². The second-order valence-corrected chi connectivity index (χ2v) is 25.8. The Labute approximate surface area is 569 Å². The molecule has 14 amide bonds. The normalized spacial score (nSPS) is 20.5. The van der Waals surface area contributed by atoms with Gasteiger partial charge in [-0.25, -0.2) is 4.79 Å². The summed E-state index contributed by atoms with van der Waals surface area (Å²) >= 11 is 0. The molecule has 0 aliphatic carbocycles. The number of rotatable bonds is 39. The van der Waals surface area contributed by atoms with Gasteiger partial charge in [-0.05, 0) is 96.3 Å². The summed E-state index contributed by atoms with van der Waals surface area (Å²) in [7, 11) is 1.24. The fourth-order valence-corrected chi connectivity index (χ4v) is 13.2. The minimum Gasteiger partial charge on any atom is -0.467 e. The molecule has 0 aromatic heterocycles. The molecule has 97 heavy (non-hydrogen) atoms. The van der Waals surface area contributed by atoms with Crippen LogP contribution in [0.3, 0.4) is 0 Å². The van der Waals surface area contributed by atoms with Gasteiger partial charge in [0.15, 0.2) is 0 Å². The lowest BCUT2D eigenvalue weighted by Gasteiger charge is -2.28. The van der Waals surface area contributed by atoms with Crippen LogP contribution in [0.4, 0.5) is 0 Å². The summed E-state index contributed by atoms with van der Waals surface area (Å²) < 4.78 is 4.87. The second-order valence-electron chi connectivity index (χ2n) is 25.8. The lowest BCUT2D eigenvalue weighted by atomic mass is 10.1. The van der Waals surface area contributed by atoms with E-state index in [-0.39, 0.29) is 83.6 Å². The van der Waals surface area contributed by atoms with E-state index in [0.717, 1.165) is 12.8 Å². The van der Waals surface area contributed by atoms with Crippen molar-refractivity contribution in [3.63, 3.8) is 0 Å². The van der Waals surface area contributed by atoms with Gasteiger partial charge in [-0.15, -0.1) is 0 Å². The number of methoxy groups -OCH3 is 1. The Bertz CT molecular complexity index is 2760. The summed E-state index contributed by atoms with van der Waals surface area (Å²) in [5, 5.41) is 24.3. The number of nitrogens with one attached hydrogen (secondary N) is 9. The molecule has 5 heterocycles.